The molecule has 1 aliphatic rings. The average molecular weight is 457 g/mol. The van der Waals surface area contributed by atoms with E-state index in [0.717, 1.165) is 11.9 Å². The van der Waals surface area contributed by atoms with Gasteiger partial charge in [-0.2, -0.15) is 0 Å². The Kier molecular flexibility index (Phi) is 6.39. The number of phenols is 1. The van der Waals surface area contributed by atoms with Crippen molar-refractivity contribution in [3.8, 4) is 11.5 Å². The lowest BCUT2D eigenvalue weighted by atomic mass is 10.2. The number of nitrogens with two attached hydrogens (primary N) is 2. The molecule has 9 heteroatoms. The van der Waals surface area contributed by atoms with Crippen molar-refractivity contribution in [1.29, 1.82) is 0 Å². The molecule has 0 aliphatic carbocycles. The van der Waals surface area contributed by atoms with Crippen LogP contribution in [-0.2, 0) is 4.79 Å². The maximum Gasteiger partial charge on any atom is 0.252 e. The van der Waals surface area contributed by atoms with Gasteiger partial charge in [0.25, 0.3) is 6.35 Å². The van der Waals surface area contributed by atoms with Gasteiger partial charge >= 0.3 is 0 Å². The van der Waals surface area contributed by atoms with Crippen molar-refractivity contribution < 1.29 is 14.6 Å². The molecule has 0 spiro atoms. The van der Waals surface area contributed by atoms with Gasteiger partial charge in [-0.15, -0.1) is 0 Å². The van der Waals surface area contributed by atoms with E-state index in [1.165, 1.54) is 12.3 Å². The van der Waals surface area contributed by atoms with Gasteiger partial charge in [-0.1, -0.05) is 28.7 Å². The Bertz CT molecular complexity index is 732. The summed E-state index contributed by atoms with van der Waals surface area (Å²) in [6, 6.07) is 6.41. The maximum absolute atomic E-state index is 11.6. The number of benzene rings is 1. The van der Waals surface area contributed by atoms with Gasteiger partial charge in [-0.25, -0.2) is 0 Å². The second-order valence-electron chi connectivity index (χ2n) is 5.12. The number of carbonyl (C=O) groups excluding carboxylic acids is 1. The lowest BCUT2D eigenvalue weighted by Crippen LogP contribution is -2.44. The third-order valence-corrected chi connectivity index (χ3v) is 4.32. The fourth-order valence-electron chi connectivity index (χ4n) is 2.30. The first kappa shape index (κ1) is 18.8. The minimum Gasteiger partial charge on any atom is -0.508 e. The molecular formula is C16H20IN5O3. The van der Waals surface area contributed by atoms with E-state index >= 15 is 0 Å². The molecule has 134 valence electrons. The van der Waals surface area contributed by atoms with Crippen molar-refractivity contribution in [2.24, 2.45) is 11.5 Å². The minimum atomic E-state index is -0.665. The second-order valence-corrected chi connectivity index (χ2v) is 5.75. The summed E-state index contributed by atoms with van der Waals surface area (Å²) in [7, 11) is 1.70. The molecule has 1 aromatic carbocycles. The molecule has 0 radical (unpaired) electrons. The molecule has 0 bridgehead atoms. The molecule has 7 N–H and O–H groups in total. The third-order valence-electron chi connectivity index (χ3n) is 3.57. The van der Waals surface area contributed by atoms with Crippen LogP contribution in [0.5, 0.6) is 11.5 Å². The van der Waals surface area contributed by atoms with Gasteiger partial charge in [-0.05, 0) is 16.2 Å². The van der Waals surface area contributed by atoms with Gasteiger partial charge in [0.15, 0.2) is 6.29 Å². The van der Waals surface area contributed by atoms with Crippen molar-refractivity contribution in [3.05, 3.63) is 57.3 Å². The van der Waals surface area contributed by atoms with Crippen molar-refractivity contribution in [1.82, 2.24) is 15.5 Å². The molecular weight excluding hydrogens is 437 g/mol. The van der Waals surface area contributed by atoms with Crippen molar-refractivity contribution in [2.45, 2.75) is 6.35 Å². The summed E-state index contributed by atoms with van der Waals surface area (Å²) in [5, 5.41) is 15.6. The molecule has 1 aliphatic heterocycles. The van der Waals surface area contributed by atoms with Crippen molar-refractivity contribution in [3.63, 3.8) is 0 Å². The predicted molar refractivity (Wildman–Crippen MR) is 103 cm³/mol. The SMILES string of the molecule is CNC1=C(C=O)N(CC(=C/I)/C(N)=C\N)C(Oc2cccc(O)c2)N1. The smallest absolute Gasteiger partial charge is 0.252 e. The quantitative estimate of drug-likeness (QED) is 0.229. The molecule has 0 fully saturated rings. The number of nitrogens with one attached hydrogen (secondary N) is 2. The summed E-state index contributed by atoms with van der Waals surface area (Å²) in [4.78, 5) is 13.3. The summed E-state index contributed by atoms with van der Waals surface area (Å²) in [5.74, 6) is 1.07. The van der Waals surface area contributed by atoms with E-state index in [1.54, 1.807) is 34.2 Å². The Morgan fingerprint density at radius 3 is 2.88 bits per heavy atom. The highest BCUT2D eigenvalue weighted by Crippen LogP contribution is 2.25. The molecule has 25 heavy (non-hydrogen) atoms. The lowest BCUT2D eigenvalue weighted by Gasteiger charge is -2.28. The molecule has 1 atom stereocenters. The minimum absolute atomic E-state index is 0.0858. The number of ether oxygens (including phenoxy) is 1. The van der Waals surface area contributed by atoms with Gasteiger partial charge in [-0.3, -0.25) is 4.79 Å². The highest BCUT2D eigenvalue weighted by Gasteiger charge is 2.33. The van der Waals surface area contributed by atoms with E-state index in [1.807, 2.05) is 0 Å². The van der Waals surface area contributed by atoms with Crippen LogP contribution < -0.4 is 26.8 Å². The van der Waals surface area contributed by atoms with Crippen LogP contribution in [0, 0.1) is 0 Å². The summed E-state index contributed by atoms with van der Waals surface area (Å²) in [6.07, 6.45) is 1.38. The Balaban J connectivity index is 2.30. The van der Waals surface area contributed by atoms with E-state index in [4.69, 9.17) is 16.2 Å². The normalized spacial score (nSPS) is 18.2. The van der Waals surface area contributed by atoms with Crippen LogP contribution in [0.3, 0.4) is 0 Å². The van der Waals surface area contributed by atoms with E-state index in [9.17, 15) is 9.90 Å². The lowest BCUT2D eigenvalue weighted by molar-refractivity contribution is -0.106. The van der Waals surface area contributed by atoms with Crippen LogP contribution in [0.2, 0.25) is 0 Å². The number of nitrogens with zero attached hydrogens (tertiary/aromatic N) is 1. The first-order valence-corrected chi connectivity index (χ1v) is 8.61. The zero-order valence-corrected chi connectivity index (χ0v) is 15.7. The predicted octanol–water partition coefficient (Wildman–Crippen LogP) is 0.625. The number of aromatic hydroxyl groups is 1. The number of hydrogen-bond acceptors (Lipinski definition) is 8. The number of carbonyl (C=O) groups is 1. The number of halogens is 1. The number of rotatable bonds is 7. The van der Waals surface area contributed by atoms with Gasteiger partial charge in [0.2, 0.25) is 0 Å². The van der Waals surface area contributed by atoms with E-state index < -0.39 is 6.35 Å². The molecule has 0 saturated carbocycles. The van der Waals surface area contributed by atoms with E-state index in [0.29, 0.717) is 29.5 Å². The highest BCUT2D eigenvalue weighted by atomic mass is 127. The largest absolute Gasteiger partial charge is 0.508 e. The first-order chi connectivity index (χ1) is 12.0. The van der Waals surface area contributed by atoms with Crippen LogP contribution in [-0.4, -0.2) is 36.2 Å². The molecule has 0 saturated heterocycles. The van der Waals surface area contributed by atoms with Crippen molar-refractivity contribution in [2.75, 3.05) is 13.6 Å². The maximum atomic E-state index is 11.6. The molecule has 1 aromatic rings. The highest BCUT2D eigenvalue weighted by molar-refractivity contribution is 14.1. The molecule has 0 aromatic heterocycles. The Morgan fingerprint density at radius 2 is 2.32 bits per heavy atom. The van der Waals surface area contributed by atoms with Gasteiger partial charge in [0, 0.05) is 24.9 Å². The number of phenolic OH excluding ortho intramolecular Hbond substituents is 1. The number of hydrogen-bond donors (Lipinski definition) is 5. The standard InChI is InChI=1S/C16H20IN5O3/c1-20-15-14(9-23)22(8-10(6-17)13(19)7-18)16(21-15)25-12-4-2-3-11(24)5-12/h2-7,9,16,20-21,24H,8,18-19H2,1H3/b10-6-,13-7+. The summed E-state index contributed by atoms with van der Waals surface area (Å²) in [6.45, 7) is 0.304. The van der Waals surface area contributed by atoms with Crippen LogP contribution in [0.4, 0.5) is 0 Å². The average Bonchev–Trinajstić information content (AvgIpc) is 2.95. The van der Waals surface area contributed by atoms with E-state index in [2.05, 4.69) is 33.2 Å². The zero-order valence-electron chi connectivity index (χ0n) is 13.6. The third kappa shape index (κ3) is 4.29. The Morgan fingerprint density at radius 1 is 1.56 bits per heavy atom. The summed E-state index contributed by atoms with van der Waals surface area (Å²) >= 11 is 2.06. The zero-order chi connectivity index (χ0) is 18.4. The Hall–Kier alpha value is -2.56. The molecule has 1 heterocycles. The number of aldehydes is 1. The molecule has 8 nitrogen and oxygen atoms in total. The summed E-state index contributed by atoms with van der Waals surface area (Å²) < 4.78 is 7.68. The van der Waals surface area contributed by atoms with Crippen LogP contribution >= 0.6 is 22.6 Å². The number of allylic oxidation sites excluding steroid dienone is 1. The fourth-order valence-corrected chi connectivity index (χ4v) is 2.85. The summed E-state index contributed by atoms with van der Waals surface area (Å²) in [5.41, 5.74) is 12.9. The Labute approximate surface area is 159 Å². The van der Waals surface area contributed by atoms with E-state index in [-0.39, 0.29) is 5.75 Å². The topological polar surface area (TPSA) is 126 Å². The molecule has 0 amide bonds. The van der Waals surface area contributed by atoms with Crippen LogP contribution in [0.1, 0.15) is 0 Å². The van der Waals surface area contributed by atoms with Gasteiger partial charge in [0.05, 0.1) is 12.2 Å². The van der Waals surface area contributed by atoms with Crippen LogP contribution in [0.15, 0.2) is 57.3 Å². The fraction of sp³-hybridized carbons (Fsp3) is 0.188. The molecule has 1 unspecified atom stereocenters. The first-order valence-electron chi connectivity index (χ1n) is 7.37. The monoisotopic (exact) mass is 457 g/mol. The van der Waals surface area contributed by atoms with Crippen molar-refractivity contribution >= 4 is 28.9 Å². The van der Waals surface area contributed by atoms with Crippen LogP contribution in [0.25, 0.3) is 0 Å². The molecule has 2 rings (SSSR count). The van der Waals surface area contributed by atoms with Gasteiger partial charge < -0.3 is 36.8 Å². The van der Waals surface area contributed by atoms with Gasteiger partial charge in [0.1, 0.15) is 23.0 Å². The second kappa shape index (κ2) is 8.51.